The number of aryl methyl sites for hydroxylation is 1. The van der Waals surface area contributed by atoms with Crippen molar-refractivity contribution in [3.63, 3.8) is 0 Å². The fourth-order valence-corrected chi connectivity index (χ4v) is 1.64. The van der Waals surface area contributed by atoms with Gasteiger partial charge < -0.3 is 5.32 Å². The lowest BCUT2D eigenvalue weighted by Gasteiger charge is -2.07. The Bertz CT molecular complexity index is 503. The average Bonchev–Trinajstić information content (AvgIpc) is 2.47. The van der Waals surface area contributed by atoms with E-state index in [4.69, 9.17) is 0 Å². The molecule has 1 N–H and O–H groups in total. The lowest BCUT2D eigenvalue weighted by molar-refractivity contribution is -0.112. The molecule has 0 bridgehead atoms. The topological polar surface area (TPSA) is 41.5 Å². The molecule has 1 aromatic rings. The number of anilines is 1. The van der Waals surface area contributed by atoms with Gasteiger partial charge in [0.15, 0.2) is 0 Å². The van der Waals surface area contributed by atoms with Crippen LogP contribution in [0.5, 0.6) is 0 Å². The second kappa shape index (κ2) is 8.31. The first kappa shape index (κ1) is 16.2. The summed E-state index contributed by atoms with van der Waals surface area (Å²) in [4.78, 5) is 16.4. The fraction of sp³-hybridized carbons (Fsp3) is 0.412. The second-order valence-electron chi connectivity index (χ2n) is 4.85. The Hall–Kier alpha value is -1.90. The Balaban J connectivity index is 2.75. The van der Waals surface area contributed by atoms with Crippen LogP contribution >= 0.6 is 0 Å². The maximum atomic E-state index is 12.2. The normalized spacial score (nSPS) is 13.5. The molecule has 1 amide bonds. The van der Waals surface area contributed by atoms with Crippen LogP contribution in [0.3, 0.4) is 0 Å². The molecule has 1 atom stereocenters. The van der Waals surface area contributed by atoms with Crippen LogP contribution < -0.4 is 5.32 Å². The Labute approximate surface area is 121 Å². The first-order valence-electron chi connectivity index (χ1n) is 7.21. The van der Waals surface area contributed by atoms with Crippen LogP contribution in [0.1, 0.15) is 39.7 Å². The van der Waals surface area contributed by atoms with Crippen molar-refractivity contribution in [2.24, 2.45) is 10.9 Å². The van der Waals surface area contributed by atoms with Gasteiger partial charge in [0.05, 0.1) is 0 Å². The molecular formula is C17H24N2O. The summed E-state index contributed by atoms with van der Waals surface area (Å²) >= 11 is 0. The molecule has 0 aliphatic rings. The van der Waals surface area contributed by atoms with Gasteiger partial charge in [0.1, 0.15) is 5.70 Å². The van der Waals surface area contributed by atoms with Gasteiger partial charge in [-0.15, -0.1) is 0 Å². The van der Waals surface area contributed by atoms with E-state index in [2.05, 4.69) is 31.1 Å². The highest BCUT2D eigenvalue weighted by Gasteiger charge is 2.08. The van der Waals surface area contributed by atoms with Crippen LogP contribution in [0.4, 0.5) is 5.69 Å². The number of carbonyl (C=O) groups is 1. The Morgan fingerprint density at radius 2 is 2.15 bits per heavy atom. The van der Waals surface area contributed by atoms with Crippen molar-refractivity contribution in [2.45, 2.75) is 40.5 Å². The van der Waals surface area contributed by atoms with Gasteiger partial charge in [-0.05, 0) is 43.4 Å². The van der Waals surface area contributed by atoms with E-state index in [9.17, 15) is 4.79 Å². The third-order valence-corrected chi connectivity index (χ3v) is 3.21. The van der Waals surface area contributed by atoms with Crippen LogP contribution in [0, 0.1) is 5.92 Å². The summed E-state index contributed by atoms with van der Waals surface area (Å²) < 4.78 is 0. The van der Waals surface area contributed by atoms with E-state index in [1.165, 1.54) is 5.56 Å². The monoisotopic (exact) mass is 272 g/mol. The lowest BCUT2D eigenvalue weighted by atomic mass is 10.1. The Morgan fingerprint density at radius 3 is 2.75 bits per heavy atom. The molecule has 1 aromatic carbocycles. The number of rotatable bonds is 6. The predicted octanol–water partition coefficient (Wildman–Crippen LogP) is 4.21. The molecule has 1 rings (SSSR count). The highest BCUT2D eigenvalue weighted by molar-refractivity contribution is 6.04. The van der Waals surface area contributed by atoms with Crippen molar-refractivity contribution < 1.29 is 4.79 Å². The molecule has 3 nitrogen and oxygen atoms in total. The third kappa shape index (κ3) is 5.00. The number of amides is 1. The summed E-state index contributed by atoms with van der Waals surface area (Å²) in [5.74, 6) is 0.210. The highest BCUT2D eigenvalue weighted by atomic mass is 16.2. The van der Waals surface area contributed by atoms with E-state index < -0.39 is 0 Å². The van der Waals surface area contributed by atoms with E-state index in [0.29, 0.717) is 11.6 Å². The van der Waals surface area contributed by atoms with Gasteiger partial charge in [-0.3, -0.25) is 9.79 Å². The summed E-state index contributed by atoms with van der Waals surface area (Å²) in [7, 11) is 0. The number of nitrogens with zero attached hydrogens (tertiary/aromatic N) is 1. The largest absolute Gasteiger partial charge is 0.321 e. The molecule has 20 heavy (non-hydrogen) atoms. The summed E-state index contributed by atoms with van der Waals surface area (Å²) in [6.07, 6.45) is 5.53. The number of aliphatic imine (C=N–C) groups is 1. The van der Waals surface area contributed by atoms with E-state index in [1.807, 2.05) is 37.4 Å². The third-order valence-electron chi connectivity index (χ3n) is 3.21. The van der Waals surface area contributed by atoms with Crippen molar-refractivity contribution >= 4 is 17.8 Å². The molecule has 1 unspecified atom stereocenters. The van der Waals surface area contributed by atoms with E-state index >= 15 is 0 Å². The molecule has 0 aliphatic carbocycles. The average molecular weight is 272 g/mol. The van der Waals surface area contributed by atoms with Crippen molar-refractivity contribution in [2.75, 3.05) is 5.32 Å². The second-order valence-corrected chi connectivity index (χ2v) is 4.85. The van der Waals surface area contributed by atoms with Gasteiger partial charge >= 0.3 is 0 Å². The molecule has 0 radical (unpaired) electrons. The number of carbonyl (C=O) groups excluding carboxylic acids is 1. The van der Waals surface area contributed by atoms with Crippen LogP contribution in [-0.2, 0) is 11.2 Å². The SMILES string of the molecule is C/C=C(\N=CC(C)CC)C(=O)Nc1cccc(CC)c1. The lowest BCUT2D eigenvalue weighted by Crippen LogP contribution is -2.14. The summed E-state index contributed by atoms with van der Waals surface area (Å²) in [5.41, 5.74) is 2.47. The zero-order chi connectivity index (χ0) is 15.0. The fourth-order valence-electron chi connectivity index (χ4n) is 1.64. The first-order valence-corrected chi connectivity index (χ1v) is 7.21. The van der Waals surface area contributed by atoms with Crippen LogP contribution in [0.2, 0.25) is 0 Å². The molecule has 0 saturated heterocycles. The van der Waals surface area contributed by atoms with Gasteiger partial charge in [0.25, 0.3) is 5.91 Å². The summed E-state index contributed by atoms with van der Waals surface area (Å²) in [5, 5.41) is 2.89. The number of nitrogens with one attached hydrogen (secondary N) is 1. The molecule has 3 heteroatoms. The molecule has 0 fully saturated rings. The van der Waals surface area contributed by atoms with Crippen LogP contribution in [-0.4, -0.2) is 12.1 Å². The maximum Gasteiger partial charge on any atom is 0.273 e. The van der Waals surface area contributed by atoms with Crippen molar-refractivity contribution in [1.29, 1.82) is 0 Å². The Kier molecular flexibility index (Phi) is 6.71. The first-order chi connectivity index (χ1) is 9.60. The molecule has 0 heterocycles. The molecule has 0 aliphatic heterocycles. The van der Waals surface area contributed by atoms with Crippen LogP contribution in [0.15, 0.2) is 41.0 Å². The Morgan fingerprint density at radius 1 is 1.40 bits per heavy atom. The highest BCUT2D eigenvalue weighted by Crippen LogP contribution is 2.13. The summed E-state index contributed by atoms with van der Waals surface area (Å²) in [6.45, 7) is 8.10. The standard InChI is InChI=1S/C17H24N2O/c1-5-13(4)12-18-16(7-3)17(20)19-15-10-8-9-14(6-2)11-15/h7-13H,5-6H2,1-4H3,(H,19,20)/b16-7-,18-12?. The summed E-state index contributed by atoms with van der Waals surface area (Å²) in [6, 6.07) is 7.88. The molecule has 108 valence electrons. The minimum absolute atomic E-state index is 0.166. The predicted molar refractivity (Wildman–Crippen MR) is 86.2 cm³/mol. The number of allylic oxidation sites excluding steroid dienone is 1. The smallest absolute Gasteiger partial charge is 0.273 e. The van der Waals surface area contributed by atoms with Crippen molar-refractivity contribution in [3.05, 3.63) is 41.6 Å². The van der Waals surface area contributed by atoms with Crippen molar-refractivity contribution in [1.82, 2.24) is 0 Å². The van der Waals surface area contributed by atoms with Gasteiger partial charge in [-0.2, -0.15) is 0 Å². The van der Waals surface area contributed by atoms with Gasteiger partial charge in [0.2, 0.25) is 0 Å². The minimum Gasteiger partial charge on any atom is -0.321 e. The van der Waals surface area contributed by atoms with Crippen LogP contribution in [0.25, 0.3) is 0 Å². The maximum absolute atomic E-state index is 12.2. The van der Waals surface area contributed by atoms with E-state index in [-0.39, 0.29) is 5.91 Å². The molecule has 0 aromatic heterocycles. The van der Waals surface area contributed by atoms with Gasteiger partial charge in [0, 0.05) is 11.9 Å². The molecular weight excluding hydrogens is 248 g/mol. The minimum atomic E-state index is -0.166. The zero-order valence-electron chi connectivity index (χ0n) is 12.8. The zero-order valence-corrected chi connectivity index (χ0v) is 12.8. The van der Waals surface area contributed by atoms with E-state index in [0.717, 1.165) is 18.5 Å². The number of benzene rings is 1. The molecule has 0 saturated carbocycles. The molecule has 0 spiro atoms. The van der Waals surface area contributed by atoms with Gasteiger partial charge in [-0.25, -0.2) is 0 Å². The number of hydrogen-bond donors (Lipinski definition) is 1. The van der Waals surface area contributed by atoms with Gasteiger partial charge in [-0.1, -0.05) is 39.0 Å². The quantitative estimate of drug-likeness (QED) is 0.611. The van der Waals surface area contributed by atoms with E-state index in [1.54, 1.807) is 6.08 Å². The van der Waals surface area contributed by atoms with Crippen molar-refractivity contribution in [3.8, 4) is 0 Å². The number of hydrogen-bond acceptors (Lipinski definition) is 2.